The number of nitrogens with two attached hydrogens (primary N) is 1. The van der Waals surface area contributed by atoms with Gasteiger partial charge in [0.25, 0.3) is 0 Å². The molecule has 0 saturated heterocycles. The van der Waals surface area contributed by atoms with Crippen LogP contribution in [0.2, 0.25) is 0 Å². The van der Waals surface area contributed by atoms with Crippen molar-refractivity contribution in [3.8, 4) is 11.3 Å². The highest BCUT2D eigenvalue weighted by Gasteiger charge is 2.10. The van der Waals surface area contributed by atoms with Crippen molar-refractivity contribution in [3.05, 3.63) is 35.6 Å². The largest absolute Gasteiger partial charge is 0.384 e. The molecule has 1 aromatic carbocycles. The summed E-state index contributed by atoms with van der Waals surface area (Å²) in [5, 5.41) is 4.14. The molecule has 0 spiro atoms. The Balaban J connectivity index is 2.39. The Morgan fingerprint density at radius 1 is 1.41 bits per heavy atom. The molecular weight excluding hydrogens is 221 g/mol. The quantitative estimate of drug-likeness (QED) is 0.884. The zero-order valence-electron chi connectivity index (χ0n) is 9.77. The third-order valence-corrected chi connectivity index (χ3v) is 2.54. The number of nitrogens with zero attached hydrogens (tertiary/aromatic N) is 2. The van der Waals surface area contributed by atoms with Crippen molar-refractivity contribution in [2.45, 2.75) is 6.61 Å². The van der Waals surface area contributed by atoms with Gasteiger partial charge in [0.05, 0.1) is 12.3 Å². The second-order valence-corrected chi connectivity index (χ2v) is 3.83. The minimum Gasteiger partial charge on any atom is -0.384 e. The molecular formula is C12H14FN3O. The van der Waals surface area contributed by atoms with Crippen LogP contribution in [0.5, 0.6) is 0 Å². The van der Waals surface area contributed by atoms with E-state index < -0.39 is 0 Å². The first-order valence-corrected chi connectivity index (χ1v) is 5.19. The molecule has 5 heteroatoms. The number of aromatic nitrogens is 2. The lowest BCUT2D eigenvalue weighted by molar-refractivity contribution is 0.184. The van der Waals surface area contributed by atoms with Gasteiger partial charge in [-0.1, -0.05) is 6.07 Å². The van der Waals surface area contributed by atoms with Crippen LogP contribution >= 0.6 is 0 Å². The van der Waals surface area contributed by atoms with Crippen molar-refractivity contribution >= 4 is 5.82 Å². The zero-order valence-corrected chi connectivity index (χ0v) is 9.77. The molecule has 0 saturated carbocycles. The van der Waals surface area contributed by atoms with Crippen LogP contribution in [0.1, 0.15) is 5.56 Å². The molecule has 0 aliphatic heterocycles. The molecule has 0 atom stereocenters. The van der Waals surface area contributed by atoms with E-state index in [-0.39, 0.29) is 5.82 Å². The molecule has 2 N–H and O–H groups in total. The van der Waals surface area contributed by atoms with E-state index in [4.69, 9.17) is 10.5 Å². The van der Waals surface area contributed by atoms with Crippen LogP contribution in [0.4, 0.5) is 10.2 Å². The van der Waals surface area contributed by atoms with Gasteiger partial charge in [-0.15, -0.1) is 0 Å². The van der Waals surface area contributed by atoms with Crippen LogP contribution in [0, 0.1) is 5.82 Å². The van der Waals surface area contributed by atoms with Gasteiger partial charge < -0.3 is 10.5 Å². The number of nitrogen functional groups attached to an aromatic ring is 1. The van der Waals surface area contributed by atoms with Crippen molar-refractivity contribution in [2.24, 2.45) is 7.05 Å². The van der Waals surface area contributed by atoms with Crippen molar-refractivity contribution in [2.75, 3.05) is 12.8 Å². The van der Waals surface area contributed by atoms with Crippen LogP contribution in [-0.2, 0) is 18.4 Å². The van der Waals surface area contributed by atoms with E-state index in [1.54, 1.807) is 26.3 Å². The molecule has 2 aromatic rings. The topological polar surface area (TPSA) is 53.1 Å². The normalized spacial score (nSPS) is 10.8. The van der Waals surface area contributed by atoms with Crippen molar-refractivity contribution in [1.82, 2.24) is 9.78 Å². The minimum absolute atomic E-state index is 0.322. The third kappa shape index (κ3) is 2.29. The van der Waals surface area contributed by atoms with Crippen molar-refractivity contribution in [3.63, 3.8) is 0 Å². The van der Waals surface area contributed by atoms with Crippen molar-refractivity contribution < 1.29 is 9.13 Å². The fourth-order valence-corrected chi connectivity index (χ4v) is 1.64. The highest BCUT2D eigenvalue weighted by atomic mass is 19.1. The number of methoxy groups -OCH3 is 1. The summed E-state index contributed by atoms with van der Waals surface area (Å²) in [4.78, 5) is 0. The first-order valence-electron chi connectivity index (χ1n) is 5.19. The maximum absolute atomic E-state index is 13.9. The van der Waals surface area contributed by atoms with E-state index >= 15 is 0 Å². The average Bonchev–Trinajstić information content (AvgIpc) is 2.59. The van der Waals surface area contributed by atoms with Gasteiger partial charge in [0.15, 0.2) is 0 Å². The molecule has 1 heterocycles. The minimum atomic E-state index is -0.322. The molecule has 0 bridgehead atoms. The van der Waals surface area contributed by atoms with Crippen LogP contribution in [0.3, 0.4) is 0 Å². The Morgan fingerprint density at radius 3 is 2.71 bits per heavy atom. The lowest BCUT2D eigenvalue weighted by atomic mass is 10.1. The van der Waals surface area contributed by atoms with E-state index in [0.717, 1.165) is 5.56 Å². The summed E-state index contributed by atoms with van der Waals surface area (Å²) in [7, 11) is 3.29. The third-order valence-electron chi connectivity index (χ3n) is 2.54. The smallest absolute Gasteiger partial charge is 0.133 e. The summed E-state index contributed by atoms with van der Waals surface area (Å²) in [6, 6.07) is 6.59. The van der Waals surface area contributed by atoms with E-state index in [2.05, 4.69) is 5.10 Å². The number of halogens is 1. The maximum Gasteiger partial charge on any atom is 0.133 e. The van der Waals surface area contributed by atoms with Gasteiger partial charge in [-0.3, -0.25) is 4.68 Å². The zero-order chi connectivity index (χ0) is 12.4. The highest BCUT2D eigenvalue weighted by molar-refractivity contribution is 5.63. The molecule has 2 rings (SSSR count). The van der Waals surface area contributed by atoms with Gasteiger partial charge in [0.2, 0.25) is 0 Å². The van der Waals surface area contributed by atoms with Gasteiger partial charge in [-0.25, -0.2) is 4.39 Å². The summed E-state index contributed by atoms with van der Waals surface area (Å²) in [6.07, 6.45) is 0. The number of hydrogen-bond donors (Lipinski definition) is 1. The van der Waals surface area contributed by atoms with Crippen LogP contribution in [0.15, 0.2) is 24.3 Å². The summed E-state index contributed by atoms with van der Waals surface area (Å²) in [5.74, 6) is 0.179. The molecule has 17 heavy (non-hydrogen) atoms. The lowest BCUT2D eigenvalue weighted by Crippen LogP contribution is -1.97. The molecule has 1 aromatic heterocycles. The number of benzene rings is 1. The molecule has 0 aliphatic rings. The molecule has 0 amide bonds. The predicted molar refractivity (Wildman–Crippen MR) is 63.7 cm³/mol. The first kappa shape index (κ1) is 11.6. The fourth-order valence-electron chi connectivity index (χ4n) is 1.64. The maximum atomic E-state index is 13.9. The summed E-state index contributed by atoms with van der Waals surface area (Å²) < 4.78 is 20.3. The van der Waals surface area contributed by atoms with Gasteiger partial charge in [0.1, 0.15) is 11.6 Å². The summed E-state index contributed by atoms with van der Waals surface area (Å²) in [5.41, 5.74) is 7.43. The average molecular weight is 235 g/mol. The van der Waals surface area contributed by atoms with E-state index in [0.29, 0.717) is 23.7 Å². The SMILES string of the molecule is COCc1ccc(-c2cc(N)n(C)n2)c(F)c1. The number of hydrogen-bond acceptors (Lipinski definition) is 3. The fraction of sp³-hybridized carbons (Fsp3) is 0.250. The Hall–Kier alpha value is -1.88. The number of ether oxygens (including phenoxy) is 1. The molecule has 4 nitrogen and oxygen atoms in total. The van der Waals surface area contributed by atoms with E-state index in [9.17, 15) is 4.39 Å². The predicted octanol–water partition coefficient (Wildman–Crippen LogP) is 1.95. The van der Waals surface area contributed by atoms with Gasteiger partial charge >= 0.3 is 0 Å². The van der Waals surface area contributed by atoms with Gasteiger partial charge in [-0.05, 0) is 17.7 Å². The Bertz CT molecular complexity index is 517. The first-order chi connectivity index (χ1) is 8.11. The highest BCUT2D eigenvalue weighted by Crippen LogP contribution is 2.24. The molecule has 0 aliphatic carbocycles. The number of rotatable bonds is 3. The number of anilines is 1. The summed E-state index contributed by atoms with van der Waals surface area (Å²) >= 11 is 0. The molecule has 90 valence electrons. The van der Waals surface area contributed by atoms with Crippen LogP contribution in [0.25, 0.3) is 11.3 Å². The van der Waals surface area contributed by atoms with Gasteiger partial charge in [0, 0.05) is 25.8 Å². The summed E-state index contributed by atoms with van der Waals surface area (Å²) in [6.45, 7) is 0.390. The molecule has 0 unspecified atom stereocenters. The second-order valence-electron chi connectivity index (χ2n) is 3.83. The number of aryl methyl sites for hydroxylation is 1. The lowest BCUT2D eigenvalue weighted by Gasteiger charge is -2.03. The van der Waals surface area contributed by atoms with Gasteiger partial charge in [-0.2, -0.15) is 5.10 Å². The van der Waals surface area contributed by atoms with Crippen LogP contribution < -0.4 is 5.73 Å². The van der Waals surface area contributed by atoms with E-state index in [1.807, 2.05) is 6.07 Å². The Morgan fingerprint density at radius 2 is 2.18 bits per heavy atom. The standard InChI is InChI=1S/C12H14FN3O/c1-16-12(14)6-11(15-16)9-4-3-8(7-17-2)5-10(9)13/h3-6H,7,14H2,1-2H3. The van der Waals surface area contributed by atoms with Crippen molar-refractivity contribution in [1.29, 1.82) is 0 Å². The van der Waals surface area contributed by atoms with Crippen LogP contribution in [-0.4, -0.2) is 16.9 Å². The Kier molecular flexibility index (Phi) is 3.10. The monoisotopic (exact) mass is 235 g/mol. The van der Waals surface area contributed by atoms with E-state index in [1.165, 1.54) is 10.7 Å². The second kappa shape index (κ2) is 4.55. The molecule has 0 fully saturated rings. The molecule has 0 radical (unpaired) electrons. The Labute approximate surface area is 98.8 Å².